The lowest BCUT2D eigenvalue weighted by molar-refractivity contribution is -0.0594. The molecule has 0 aromatic carbocycles. The minimum atomic E-state index is -0.389. The number of ether oxygens (including phenoxy) is 2. The van der Waals surface area contributed by atoms with E-state index >= 15 is 0 Å². The average Bonchev–Trinajstić information content (AvgIpc) is 3.14. The molecule has 8 nitrogen and oxygen atoms in total. The Labute approximate surface area is 177 Å². The zero-order valence-corrected chi connectivity index (χ0v) is 19.1. The van der Waals surface area contributed by atoms with Crippen LogP contribution in [0.5, 0.6) is 0 Å². The van der Waals surface area contributed by atoms with Gasteiger partial charge in [-0.15, -0.1) is 0 Å². The van der Waals surface area contributed by atoms with Crippen molar-refractivity contribution in [3.05, 3.63) is 34.9 Å². The molecule has 2 aromatic rings. The Kier molecular flexibility index (Phi) is 5.56. The van der Waals surface area contributed by atoms with Gasteiger partial charge in [0, 0.05) is 12.8 Å². The molecular weight excluding hydrogens is 384 g/mol. The van der Waals surface area contributed by atoms with Crippen molar-refractivity contribution in [1.29, 1.82) is 0 Å². The highest BCUT2D eigenvalue weighted by Gasteiger charge is 2.37. The summed E-state index contributed by atoms with van der Waals surface area (Å²) in [7, 11) is 0. The first-order valence-electron chi connectivity index (χ1n) is 10.3. The standard InChI is InChI=1S/C22H32N4O4/c1-13-17(11-23-25(13)21(3,4)5)19(27)29-15-9-16(10-15)30-20(28)18-12-24-26(14(18)2)22(6,7)8/h11-12,15-16H,9-10H2,1-8H3. The Balaban J connectivity index is 1.54. The normalized spacial score (nSPS) is 19.3. The van der Waals surface area contributed by atoms with Crippen LogP contribution in [0.15, 0.2) is 12.4 Å². The van der Waals surface area contributed by atoms with Crippen molar-refractivity contribution in [2.75, 3.05) is 0 Å². The second kappa shape index (κ2) is 7.56. The maximum atomic E-state index is 12.5. The molecular formula is C22H32N4O4. The summed E-state index contributed by atoms with van der Waals surface area (Å²) < 4.78 is 14.8. The van der Waals surface area contributed by atoms with Crippen LogP contribution < -0.4 is 0 Å². The molecule has 1 aliphatic carbocycles. The summed E-state index contributed by atoms with van der Waals surface area (Å²) in [6, 6.07) is 0. The summed E-state index contributed by atoms with van der Waals surface area (Å²) in [5.74, 6) is -0.778. The molecule has 0 atom stereocenters. The molecule has 0 aliphatic heterocycles. The second-order valence-corrected chi connectivity index (χ2v) is 9.98. The number of aromatic nitrogens is 4. The third-order valence-electron chi connectivity index (χ3n) is 5.33. The number of rotatable bonds is 4. The molecule has 8 heteroatoms. The first-order chi connectivity index (χ1) is 13.8. The lowest BCUT2D eigenvalue weighted by Crippen LogP contribution is -2.40. The van der Waals surface area contributed by atoms with E-state index in [1.165, 1.54) is 0 Å². The first kappa shape index (κ1) is 22.1. The van der Waals surface area contributed by atoms with E-state index in [-0.39, 0.29) is 35.2 Å². The van der Waals surface area contributed by atoms with Gasteiger partial charge in [0.05, 0.1) is 34.9 Å². The zero-order valence-electron chi connectivity index (χ0n) is 19.1. The largest absolute Gasteiger partial charge is 0.458 e. The van der Waals surface area contributed by atoms with Crippen LogP contribution in [0.25, 0.3) is 0 Å². The Morgan fingerprint density at radius 1 is 0.800 bits per heavy atom. The monoisotopic (exact) mass is 416 g/mol. The Hall–Kier alpha value is -2.64. The van der Waals surface area contributed by atoms with Crippen LogP contribution >= 0.6 is 0 Å². The van der Waals surface area contributed by atoms with Crippen LogP contribution in [-0.2, 0) is 20.6 Å². The van der Waals surface area contributed by atoms with Gasteiger partial charge in [-0.05, 0) is 55.4 Å². The number of esters is 2. The number of nitrogens with zero attached hydrogens (tertiary/aromatic N) is 4. The molecule has 0 amide bonds. The van der Waals surface area contributed by atoms with Gasteiger partial charge in [-0.1, -0.05) is 0 Å². The van der Waals surface area contributed by atoms with Crippen LogP contribution in [0.2, 0.25) is 0 Å². The van der Waals surface area contributed by atoms with Crippen molar-refractivity contribution in [1.82, 2.24) is 19.6 Å². The van der Waals surface area contributed by atoms with E-state index in [1.54, 1.807) is 12.4 Å². The number of carbonyl (C=O) groups is 2. The third kappa shape index (κ3) is 4.27. The van der Waals surface area contributed by atoms with Gasteiger partial charge in [0.15, 0.2) is 0 Å². The fourth-order valence-corrected chi connectivity index (χ4v) is 3.71. The highest BCUT2D eigenvalue weighted by atomic mass is 16.6. The summed E-state index contributed by atoms with van der Waals surface area (Å²) >= 11 is 0. The molecule has 1 aliphatic rings. The van der Waals surface area contributed by atoms with E-state index in [1.807, 2.05) is 64.8 Å². The highest BCUT2D eigenvalue weighted by Crippen LogP contribution is 2.29. The topological polar surface area (TPSA) is 88.2 Å². The quantitative estimate of drug-likeness (QED) is 0.706. The van der Waals surface area contributed by atoms with Gasteiger partial charge in [0.2, 0.25) is 0 Å². The molecule has 164 valence electrons. The Morgan fingerprint density at radius 3 is 1.40 bits per heavy atom. The molecule has 0 N–H and O–H groups in total. The highest BCUT2D eigenvalue weighted by molar-refractivity contribution is 5.91. The molecule has 2 heterocycles. The van der Waals surface area contributed by atoms with Crippen LogP contribution in [0.3, 0.4) is 0 Å². The Morgan fingerprint density at radius 2 is 1.13 bits per heavy atom. The van der Waals surface area contributed by atoms with E-state index in [9.17, 15) is 9.59 Å². The summed E-state index contributed by atoms with van der Waals surface area (Å²) in [5.41, 5.74) is 2.07. The maximum absolute atomic E-state index is 12.5. The van der Waals surface area contributed by atoms with Gasteiger partial charge in [-0.3, -0.25) is 9.36 Å². The van der Waals surface area contributed by atoms with Gasteiger partial charge in [0.1, 0.15) is 23.3 Å². The summed E-state index contributed by atoms with van der Waals surface area (Å²) in [6.07, 6.45) is 3.58. The van der Waals surface area contributed by atoms with E-state index in [0.717, 1.165) is 11.4 Å². The molecule has 0 spiro atoms. The second-order valence-electron chi connectivity index (χ2n) is 9.98. The molecule has 3 rings (SSSR count). The average molecular weight is 417 g/mol. The van der Waals surface area contributed by atoms with Gasteiger partial charge >= 0.3 is 11.9 Å². The van der Waals surface area contributed by atoms with Crippen molar-refractivity contribution in [3.8, 4) is 0 Å². The molecule has 2 aromatic heterocycles. The fourth-order valence-electron chi connectivity index (χ4n) is 3.71. The van der Waals surface area contributed by atoms with Gasteiger partial charge in [-0.2, -0.15) is 10.2 Å². The van der Waals surface area contributed by atoms with Crippen LogP contribution in [0.4, 0.5) is 0 Å². The SMILES string of the molecule is Cc1c(C(=O)OC2CC(OC(=O)c3cnn(C(C)(C)C)c3C)C2)cnn1C(C)(C)C. The lowest BCUT2D eigenvalue weighted by atomic mass is 9.92. The number of carbonyl (C=O) groups excluding carboxylic acids is 2. The lowest BCUT2D eigenvalue weighted by Gasteiger charge is -2.33. The predicted molar refractivity (Wildman–Crippen MR) is 112 cm³/mol. The van der Waals surface area contributed by atoms with E-state index in [2.05, 4.69) is 10.2 Å². The van der Waals surface area contributed by atoms with Gasteiger partial charge in [-0.25, -0.2) is 9.59 Å². The van der Waals surface area contributed by atoms with Crippen molar-refractivity contribution < 1.29 is 19.1 Å². The summed E-state index contributed by atoms with van der Waals surface area (Å²) in [4.78, 5) is 25.0. The van der Waals surface area contributed by atoms with E-state index in [0.29, 0.717) is 24.0 Å². The fraction of sp³-hybridized carbons (Fsp3) is 0.636. The predicted octanol–water partition coefficient (Wildman–Crippen LogP) is 3.75. The number of hydrogen-bond donors (Lipinski definition) is 0. The molecule has 30 heavy (non-hydrogen) atoms. The number of hydrogen-bond acceptors (Lipinski definition) is 6. The van der Waals surface area contributed by atoms with Crippen LogP contribution in [-0.4, -0.2) is 43.7 Å². The van der Waals surface area contributed by atoms with Crippen molar-refractivity contribution in [3.63, 3.8) is 0 Å². The molecule has 0 radical (unpaired) electrons. The maximum Gasteiger partial charge on any atom is 0.341 e. The minimum Gasteiger partial charge on any atom is -0.458 e. The van der Waals surface area contributed by atoms with E-state index < -0.39 is 0 Å². The molecule has 0 unspecified atom stereocenters. The van der Waals surface area contributed by atoms with E-state index in [4.69, 9.17) is 9.47 Å². The van der Waals surface area contributed by atoms with Crippen molar-refractivity contribution in [2.24, 2.45) is 0 Å². The van der Waals surface area contributed by atoms with Gasteiger partial charge in [0.25, 0.3) is 0 Å². The minimum absolute atomic E-state index is 0.211. The summed E-state index contributed by atoms with van der Waals surface area (Å²) in [6.45, 7) is 15.9. The third-order valence-corrected chi connectivity index (χ3v) is 5.33. The van der Waals surface area contributed by atoms with Crippen LogP contribution in [0.1, 0.15) is 86.5 Å². The smallest absolute Gasteiger partial charge is 0.341 e. The molecule has 1 fully saturated rings. The molecule has 0 bridgehead atoms. The molecule has 1 saturated carbocycles. The van der Waals surface area contributed by atoms with Gasteiger partial charge < -0.3 is 9.47 Å². The zero-order chi connectivity index (χ0) is 22.4. The van der Waals surface area contributed by atoms with Crippen LogP contribution in [0, 0.1) is 13.8 Å². The summed E-state index contributed by atoms with van der Waals surface area (Å²) in [5, 5.41) is 8.63. The molecule has 0 saturated heterocycles. The Bertz CT molecular complexity index is 877. The van der Waals surface area contributed by atoms with Crippen molar-refractivity contribution >= 4 is 11.9 Å². The van der Waals surface area contributed by atoms with Crippen molar-refractivity contribution in [2.45, 2.75) is 91.5 Å². The first-order valence-corrected chi connectivity index (χ1v) is 10.3.